The van der Waals surface area contributed by atoms with E-state index in [0.717, 1.165) is 56.8 Å². The van der Waals surface area contributed by atoms with Gasteiger partial charge in [-0.15, -0.1) is 0 Å². The number of aliphatic hydroxyl groups excluding tert-OH is 1. The molecule has 2 saturated heterocycles. The van der Waals surface area contributed by atoms with Gasteiger partial charge < -0.3 is 24.4 Å². The Balaban J connectivity index is 1.38. The molecule has 1 atom stereocenters. The van der Waals surface area contributed by atoms with Crippen molar-refractivity contribution in [3.05, 3.63) is 58.3 Å². The Labute approximate surface area is 232 Å². The second kappa shape index (κ2) is 12.5. The number of anilines is 1. The lowest BCUT2D eigenvalue weighted by Gasteiger charge is -2.32. The SMILES string of the molecule is CN1CCN(c2ncc(Oc3cc(CN4CCO[C@H](CO)CC4)cc(-c4cc(Cl)cc(Cl)c4)n3)cn2)CC1. The first-order valence-electron chi connectivity index (χ1n) is 12.8. The lowest BCUT2D eigenvalue weighted by atomic mass is 10.1. The number of benzene rings is 1. The Morgan fingerprint density at radius 3 is 2.42 bits per heavy atom. The highest BCUT2D eigenvalue weighted by Crippen LogP contribution is 2.30. The highest BCUT2D eigenvalue weighted by atomic mass is 35.5. The fourth-order valence-electron chi connectivity index (χ4n) is 4.64. The van der Waals surface area contributed by atoms with Crippen molar-refractivity contribution in [2.45, 2.75) is 19.1 Å². The predicted molar refractivity (Wildman–Crippen MR) is 148 cm³/mol. The average Bonchev–Trinajstić information content (AvgIpc) is 3.14. The van der Waals surface area contributed by atoms with Gasteiger partial charge in [-0.1, -0.05) is 23.2 Å². The first-order chi connectivity index (χ1) is 18.4. The fourth-order valence-corrected chi connectivity index (χ4v) is 5.16. The number of hydrogen-bond acceptors (Lipinski definition) is 9. The smallest absolute Gasteiger partial charge is 0.225 e. The van der Waals surface area contributed by atoms with Gasteiger partial charge in [0.2, 0.25) is 11.8 Å². The highest BCUT2D eigenvalue weighted by Gasteiger charge is 2.19. The van der Waals surface area contributed by atoms with Crippen molar-refractivity contribution in [3.63, 3.8) is 0 Å². The van der Waals surface area contributed by atoms with Crippen molar-refractivity contribution in [2.24, 2.45) is 0 Å². The molecule has 0 saturated carbocycles. The molecule has 11 heteroatoms. The molecule has 38 heavy (non-hydrogen) atoms. The number of pyridine rings is 1. The maximum atomic E-state index is 9.47. The number of aliphatic hydroxyl groups is 1. The van der Waals surface area contributed by atoms with Crippen LogP contribution in [0.1, 0.15) is 12.0 Å². The second-order valence-electron chi connectivity index (χ2n) is 9.71. The Morgan fingerprint density at radius 2 is 1.71 bits per heavy atom. The van der Waals surface area contributed by atoms with Crippen LogP contribution in [0.15, 0.2) is 42.7 Å². The molecule has 2 fully saturated rings. The minimum atomic E-state index is -0.116. The number of aromatic nitrogens is 3. The Bertz CT molecular complexity index is 1200. The van der Waals surface area contributed by atoms with E-state index in [1.54, 1.807) is 18.5 Å². The molecule has 0 aliphatic carbocycles. The van der Waals surface area contributed by atoms with Crippen LogP contribution in [-0.2, 0) is 11.3 Å². The third-order valence-corrected chi connectivity index (χ3v) is 7.22. The van der Waals surface area contributed by atoms with Crippen LogP contribution >= 0.6 is 23.2 Å². The number of ether oxygens (including phenoxy) is 2. The molecular formula is C27H32Cl2N6O3. The summed E-state index contributed by atoms with van der Waals surface area (Å²) in [4.78, 5) is 20.6. The van der Waals surface area contributed by atoms with E-state index in [-0.39, 0.29) is 12.7 Å². The monoisotopic (exact) mass is 558 g/mol. The minimum Gasteiger partial charge on any atom is -0.436 e. The van der Waals surface area contributed by atoms with E-state index < -0.39 is 0 Å². The summed E-state index contributed by atoms with van der Waals surface area (Å²) in [5.41, 5.74) is 2.53. The van der Waals surface area contributed by atoms with E-state index in [1.807, 2.05) is 24.3 Å². The molecule has 4 heterocycles. The van der Waals surface area contributed by atoms with E-state index in [4.69, 9.17) is 37.7 Å². The molecule has 1 aromatic carbocycles. The summed E-state index contributed by atoms with van der Waals surface area (Å²) in [5.74, 6) is 1.64. The van der Waals surface area contributed by atoms with Gasteiger partial charge in [-0.3, -0.25) is 4.90 Å². The zero-order chi connectivity index (χ0) is 26.5. The van der Waals surface area contributed by atoms with Gasteiger partial charge >= 0.3 is 0 Å². The zero-order valence-electron chi connectivity index (χ0n) is 21.4. The summed E-state index contributed by atoms with van der Waals surface area (Å²) >= 11 is 12.6. The highest BCUT2D eigenvalue weighted by molar-refractivity contribution is 6.35. The predicted octanol–water partition coefficient (Wildman–Crippen LogP) is 3.97. The minimum absolute atomic E-state index is 0.0381. The van der Waals surface area contributed by atoms with E-state index in [9.17, 15) is 5.11 Å². The molecule has 0 spiro atoms. The van der Waals surface area contributed by atoms with Crippen LogP contribution in [0.5, 0.6) is 11.6 Å². The largest absolute Gasteiger partial charge is 0.436 e. The van der Waals surface area contributed by atoms with Gasteiger partial charge in [-0.2, -0.15) is 0 Å². The maximum Gasteiger partial charge on any atom is 0.225 e. The van der Waals surface area contributed by atoms with Gasteiger partial charge in [0.1, 0.15) is 0 Å². The van der Waals surface area contributed by atoms with Crippen LogP contribution in [-0.4, -0.2) is 95.5 Å². The number of piperazine rings is 1. The molecule has 3 aromatic rings. The van der Waals surface area contributed by atoms with Crippen molar-refractivity contribution in [1.29, 1.82) is 0 Å². The molecule has 0 bridgehead atoms. The zero-order valence-corrected chi connectivity index (χ0v) is 22.9. The lowest BCUT2D eigenvalue weighted by molar-refractivity contribution is 0.0209. The Hall–Kier alpha value is -2.53. The van der Waals surface area contributed by atoms with E-state index in [0.29, 0.717) is 46.5 Å². The van der Waals surface area contributed by atoms with Gasteiger partial charge in [-0.05, 0) is 43.3 Å². The van der Waals surface area contributed by atoms with Crippen molar-refractivity contribution in [2.75, 3.05) is 64.4 Å². The van der Waals surface area contributed by atoms with Crippen molar-refractivity contribution in [1.82, 2.24) is 24.8 Å². The van der Waals surface area contributed by atoms with E-state index in [1.165, 1.54) is 0 Å². The third-order valence-electron chi connectivity index (χ3n) is 6.78. The molecule has 2 aliphatic heterocycles. The molecule has 2 aromatic heterocycles. The van der Waals surface area contributed by atoms with Gasteiger partial charge in [0.15, 0.2) is 5.75 Å². The van der Waals surface area contributed by atoms with Crippen LogP contribution in [0.25, 0.3) is 11.3 Å². The Morgan fingerprint density at radius 1 is 0.974 bits per heavy atom. The number of likely N-dealkylation sites (N-methyl/N-ethyl adjacent to an activating group) is 1. The summed E-state index contributed by atoms with van der Waals surface area (Å²) in [6.07, 6.45) is 4.03. The molecule has 1 N–H and O–H groups in total. The Kier molecular flexibility index (Phi) is 8.93. The van der Waals surface area contributed by atoms with Gasteiger partial charge in [0.25, 0.3) is 0 Å². The topological polar surface area (TPSA) is 87.1 Å². The number of halogens is 2. The molecular weight excluding hydrogens is 527 g/mol. The van der Waals surface area contributed by atoms with Gasteiger partial charge in [0.05, 0.1) is 37.4 Å². The van der Waals surface area contributed by atoms with E-state index in [2.05, 4.69) is 31.7 Å². The van der Waals surface area contributed by atoms with Crippen molar-refractivity contribution in [3.8, 4) is 22.9 Å². The molecule has 0 unspecified atom stereocenters. The van der Waals surface area contributed by atoms with Crippen LogP contribution in [0.4, 0.5) is 5.95 Å². The first kappa shape index (κ1) is 27.1. The summed E-state index contributed by atoms with van der Waals surface area (Å²) in [7, 11) is 2.12. The number of nitrogens with zero attached hydrogens (tertiary/aromatic N) is 6. The normalized spacial score (nSPS) is 19.4. The summed E-state index contributed by atoms with van der Waals surface area (Å²) in [6, 6.07) is 9.32. The quantitative estimate of drug-likeness (QED) is 0.462. The van der Waals surface area contributed by atoms with Crippen LogP contribution in [0.2, 0.25) is 10.0 Å². The first-order valence-corrected chi connectivity index (χ1v) is 13.6. The molecule has 0 amide bonds. The van der Waals surface area contributed by atoms with Crippen LogP contribution in [0, 0.1) is 0 Å². The van der Waals surface area contributed by atoms with Crippen LogP contribution in [0.3, 0.4) is 0 Å². The molecule has 2 aliphatic rings. The van der Waals surface area contributed by atoms with Gasteiger partial charge in [-0.25, -0.2) is 15.0 Å². The van der Waals surface area contributed by atoms with Crippen LogP contribution < -0.4 is 9.64 Å². The van der Waals surface area contributed by atoms with Gasteiger partial charge in [0, 0.05) is 67.5 Å². The molecule has 202 valence electrons. The molecule has 9 nitrogen and oxygen atoms in total. The number of hydrogen-bond donors (Lipinski definition) is 1. The van der Waals surface area contributed by atoms with E-state index >= 15 is 0 Å². The van der Waals surface area contributed by atoms with Crippen molar-refractivity contribution < 1.29 is 14.6 Å². The average molecular weight is 559 g/mol. The summed E-state index contributed by atoms with van der Waals surface area (Å²) < 4.78 is 11.9. The lowest BCUT2D eigenvalue weighted by Crippen LogP contribution is -2.45. The third kappa shape index (κ3) is 7.11. The maximum absolute atomic E-state index is 9.47. The van der Waals surface area contributed by atoms with Crippen molar-refractivity contribution >= 4 is 29.2 Å². The summed E-state index contributed by atoms with van der Waals surface area (Å²) in [6.45, 7) is 6.65. The molecule has 5 rings (SSSR count). The fraction of sp³-hybridized carbons (Fsp3) is 0.444. The summed E-state index contributed by atoms with van der Waals surface area (Å²) in [5, 5.41) is 10.5. The standard InChI is InChI=1S/C27H32Cl2N6O3/c1-33-4-6-35(7-5-33)27-30-15-24(16-31-27)38-26-11-19(17-34-3-2-23(18-36)37-9-8-34)10-25(32-26)20-12-21(28)14-22(29)13-20/h10-16,23,36H,2-9,17-18H2,1H3/t23-/m0/s1. The second-order valence-corrected chi connectivity index (χ2v) is 10.6. The number of rotatable bonds is 7. The molecule has 0 radical (unpaired) electrons.